The molecule has 0 saturated carbocycles. The minimum Gasteiger partial charge on any atom is -0.376 e. The van der Waals surface area contributed by atoms with Gasteiger partial charge in [0.1, 0.15) is 0 Å². The number of thiazole rings is 1. The van der Waals surface area contributed by atoms with Crippen LogP contribution >= 0.6 is 39.5 Å². The number of thiocarbonyl (C=S) groups is 1. The lowest BCUT2D eigenvalue weighted by atomic mass is 10.1. The van der Waals surface area contributed by atoms with Gasteiger partial charge in [-0.15, -0.1) is 11.3 Å². The normalized spacial score (nSPS) is 10.8. The number of benzene rings is 4. The molecule has 20 heteroatoms. The quantitative estimate of drug-likeness (QED) is 0.0342. The van der Waals surface area contributed by atoms with Gasteiger partial charge in [-0.05, 0) is 60.7 Å². The lowest BCUT2D eigenvalue weighted by Gasteiger charge is -2.09. The molecule has 4 N–H and O–H groups in total. The molecular formula is C32H23BrF6N6O5S2. The molecular weight excluding hydrogens is 806 g/mol. The molecule has 5 rings (SSSR count). The fraction of sp³-hybridized carbons (Fsp3) is 0.0938. The third kappa shape index (κ3) is 12.1. The van der Waals surface area contributed by atoms with Gasteiger partial charge in [0.15, 0.2) is 16.0 Å². The minimum absolute atomic E-state index is 0.0654. The van der Waals surface area contributed by atoms with Crippen molar-refractivity contribution in [3.05, 3.63) is 139 Å². The van der Waals surface area contributed by atoms with E-state index in [2.05, 4.69) is 43.8 Å². The van der Waals surface area contributed by atoms with Crippen LogP contribution in [0.5, 0.6) is 0 Å². The number of nitro groups is 2. The van der Waals surface area contributed by atoms with E-state index in [1.54, 1.807) is 29.6 Å². The predicted octanol–water partition coefficient (Wildman–Crippen LogP) is 10.0. The second-order valence-electron chi connectivity index (χ2n) is 9.91. The second-order valence-corrected chi connectivity index (χ2v) is 11.8. The van der Waals surface area contributed by atoms with Crippen molar-refractivity contribution in [2.45, 2.75) is 12.4 Å². The number of nitrogens with one attached hydrogen (secondary N) is 2. The Morgan fingerprint density at radius 3 is 1.87 bits per heavy atom. The van der Waals surface area contributed by atoms with Crippen LogP contribution in [0.25, 0.3) is 11.3 Å². The number of rotatable bonds is 8. The van der Waals surface area contributed by atoms with E-state index in [9.17, 15) is 51.4 Å². The number of hydrogen-bond acceptors (Lipinski definition) is 9. The number of carbonyl (C=O) groups is 1. The monoisotopic (exact) mass is 828 g/mol. The first-order valence-electron chi connectivity index (χ1n) is 14.1. The van der Waals surface area contributed by atoms with Gasteiger partial charge in [-0.3, -0.25) is 25.0 Å². The van der Waals surface area contributed by atoms with Crippen molar-refractivity contribution in [1.82, 2.24) is 4.98 Å². The molecule has 0 amide bonds. The van der Waals surface area contributed by atoms with Crippen LogP contribution in [0.1, 0.15) is 21.5 Å². The minimum atomic E-state index is -4.43. The Kier molecular flexibility index (Phi) is 14.3. The number of carbonyl (C=O) groups excluding carboxylic acids is 1. The smallest absolute Gasteiger partial charge is 0.376 e. The van der Waals surface area contributed by atoms with E-state index in [0.717, 1.165) is 35.6 Å². The first-order chi connectivity index (χ1) is 24.4. The Morgan fingerprint density at radius 2 is 1.33 bits per heavy atom. The van der Waals surface area contributed by atoms with E-state index in [1.165, 1.54) is 48.5 Å². The average molecular weight is 830 g/mol. The van der Waals surface area contributed by atoms with Crippen LogP contribution in [-0.2, 0) is 12.4 Å². The molecule has 0 fully saturated rings. The molecule has 272 valence electrons. The summed E-state index contributed by atoms with van der Waals surface area (Å²) in [4.78, 5) is 35.9. The van der Waals surface area contributed by atoms with E-state index in [4.69, 9.17) is 5.73 Å². The number of ketones is 1. The van der Waals surface area contributed by atoms with Gasteiger partial charge in [0.25, 0.3) is 11.4 Å². The maximum atomic E-state index is 12.7. The maximum absolute atomic E-state index is 12.7. The number of nitrogens with zero attached hydrogens (tertiary/aromatic N) is 3. The topological polar surface area (TPSA) is 166 Å². The Morgan fingerprint density at radius 1 is 0.808 bits per heavy atom. The Balaban J connectivity index is 0.000000230. The largest absolute Gasteiger partial charge is 0.416 e. The number of nitrogens with two attached hydrogens (primary N) is 1. The van der Waals surface area contributed by atoms with Crippen LogP contribution in [0.4, 0.5) is 54.2 Å². The van der Waals surface area contributed by atoms with Gasteiger partial charge in [-0.1, -0.05) is 52.3 Å². The molecule has 0 unspecified atom stereocenters. The molecule has 0 radical (unpaired) electrons. The van der Waals surface area contributed by atoms with Gasteiger partial charge >= 0.3 is 12.4 Å². The van der Waals surface area contributed by atoms with Gasteiger partial charge < -0.3 is 16.4 Å². The van der Waals surface area contributed by atoms with Gasteiger partial charge in [-0.25, -0.2) is 4.98 Å². The summed E-state index contributed by atoms with van der Waals surface area (Å²) in [5.74, 6) is -0.285. The first kappa shape index (κ1) is 41.0. The molecule has 11 nitrogen and oxygen atoms in total. The standard InChI is InChI=1S/C16H10F3N3O2S.C8H6BrNO3.C8H7F3N2S/c17-16(18,19)10-4-3-5-11(8-10)20-15-21-13(9-25-15)12-6-1-2-7-14(12)22(23)24;9-5-8(11)6-3-1-2-4-7(6)10(12)13;9-8(10,11)5-2-1-3-6(4-5)13-7(12)14/h1-9H,(H,20,21);1-4H,5H2;1-4H,(H3,12,13,14). The highest BCUT2D eigenvalue weighted by Crippen LogP contribution is 2.35. The van der Waals surface area contributed by atoms with Crippen molar-refractivity contribution in [1.29, 1.82) is 0 Å². The van der Waals surface area contributed by atoms with Crippen LogP contribution in [0.3, 0.4) is 0 Å². The van der Waals surface area contributed by atoms with Crippen molar-refractivity contribution >= 4 is 78.3 Å². The summed E-state index contributed by atoms with van der Waals surface area (Å²) >= 11 is 8.61. The zero-order valence-electron chi connectivity index (χ0n) is 25.9. The number of nitro benzene ring substituents is 2. The number of aromatic nitrogens is 1. The van der Waals surface area contributed by atoms with Crippen molar-refractivity contribution in [3.63, 3.8) is 0 Å². The number of para-hydroxylation sites is 2. The molecule has 0 bridgehead atoms. The van der Waals surface area contributed by atoms with E-state index in [0.29, 0.717) is 16.4 Å². The fourth-order valence-corrected chi connectivity index (χ4v) is 5.21. The van der Waals surface area contributed by atoms with E-state index >= 15 is 0 Å². The van der Waals surface area contributed by atoms with Crippen LogP contribution in [0, 0.1) is 20.2 Å². The molecule has 0 saturated heterocycles. The lowest BCUT2D eigenvalue weighted by molar-refractivity contribution is -0.385. The Bertz CT molecular complexity index is 2060. The number of anilines is 3. The SMILES string of the molecule is NC(=S)Nc1cccc(C(F)(F)F)c1.O=C(CBr)c1ccccc1[N+](=O)[O-].O=[N+]([O-])c1ccccc1-c1csc(Nc2cccc(C(F)(F)F)c2)n1. The zero-order valence-corrected chi connectivity index (χ0v) is 29.2. The van der Waals surface area contributed by atoms with Crippen molar-refractivity contribution in [2.75, 3.05) is 16.0 Å². The highest BCUT2D eigenvalue weighted by atomic mass is 79.9. The fourth-order valence-electron chi connectivity index (χ4n) is 4.06. The summed E-state index contributed by atoms with van der Waals surface area (Å²) in [6.07, 6.45) is -8.79. The molecule has 4 aromatic carbocycles. The number of Topliss-reactive ketones (excluding diaryl/α,β-unsaturated/α-hetero) is 1. The van der Waals surface area contributed by atoms with Crippen molar-refractivity contribution < 1.29 is 41.0 Å². The molecule has 0 aliphatic rings. The Labute approximate surface area is 307 Å². The molecule has 5 aromatic rings. The highest BCUT2D eigenvalue weighted by molar-refractivity contribution is 9.09. The van der Waals surface area contributed by atoms with Crippen molar-refractivity contribution in [2.24, 2.45) is 5.73 Å². The second kappa shape index (κ2) is 18.1. The third-order valence-corrected chi connectivity index (χ3v) is 7.67. The summed E-state index contributed by atoms with van der Waals surface area (Å²) in [6.45, 7) is 0. The zero-order chi connectivity index (χ0) is 38.6. The number of alkyl halides is 7. The van der Waals surface area contributed by atoms with Gasteiger partial charge in [0, 0.05) is 28.9 Å². The van der Waals surface area contributed by atoms with Gasteiger partial charge in [-0.2, -0.15) is 26.3 Å². The van der Waals surface area contributed by atoms with Crippen molar-refractivity contribution in [3.8, 4) is 11.3 Å². The van der Waals surface area contributed by atoms with Crippen LogP contribution in [0.2, 0.25) is 0 Å². The molecule has 0 aliphatic carbocycles. The van der Waals surface area contributed by atoms with Crippen LogP contribution in [0.15, 0.2) is 102 Å². The summed E-state index contributed by atoms with van der Waals surface area (Å²) in [6, 6.07) is 21.4. The van der Waals surface area contributed by atoms with E-state index in [1.807, 2.05) is 0 Å². The first-order valence-corrected chi connectivity index (χ1v) is 16.5. The summed E-state index contributed by atoms with van der Waals surface area (Å²) in [5, 5.41) is 28.8. The molecule has 0 aliphatic heterocycles. The Hall–Kier alpha value is -5.47. The summed E-state index contributed by atoms with van der Waals surface area (Å²) in [5.41, 5.74) is 4.72. The molecule has 1 heterocycles. The number of hydrogen-bond donors (Lipinski definition) is 3. The molecule has 52 heavy (non-hydrogen) atoms. The molecule has 0 atom stereocenters. The van der Waals surface area contributed by atoms with Crippen LogP contribution < -0.4 is 16.4 Å². The van der Waals surface area contributed by atoms with Crippen LogP contribution in [-0.4, -0.2) is 31.1 Å². The molecule has 0 spiro atoms. The highest BCUT2D eigenvalue weighted by Gasteiger charge is 2.31. The number of halogens is 7. The maximum Gasteiger partial charge on any atom is 0.416 e. The van der Waals surface area contributed by atoms with E-state index < -0.39 is 33.3 Å². The third-order valence-electron chi connectivity index (χ3n) is 6.30. The van der Waals surface area contributed by atoms with Gasteiger partial charge in [0.05, 0.1) is 43.1 Å². The van der Waals surface area contributed by atoms with E-state index in [-0.39, 0.29) is 44.5 Å². The summed E-state index contributed by atoms with van der Waals surface area (Å²) in [7, 11) is 0. The predicted molar refractivity (Wildman–Crippen MR) is 192 cm³/mol. The van der Waals surface area contributed by atoms with Gasteiger partial charge in [0.2, 0.25) is 0 Å². The lowest BCUT2D eigenvalue weighted by Crippen LogP contribution is -2.19. The summed E-state index contributed by atoms with van der Waals surface area (Å²) < 4.78 is 74.9. The average Bonchev–Trinajstić information content (AvgIpc) is 3.56. The molecule has 1 aromatic heterocycles.